The maximum atomic E-state index is 11.9. The predicted octanol–water partition coefficient (Wildman–Crippen LogP) is 3.46. The Morgan fingerprint density at radius 2 is 1.71 bits per heavy atom. The number of carboxylic acid groups (broad SMARTS) is 1. The zero-order valence-electron chi connectivity index (χ0n) is 19.4. The number of nitrogens with two attached hydrogens (primary N) is 1. The largest absolute Gasteiger partial charge is 0.507 e. The van der Waals surface area contributed by atoms with Gasteiger partial charge in [0.15, 0.2) is 16.9 Å². The number of fused-ring (bicyclic) bond motifs is 1. The number of aliphatic carboxylic acids is 1. The lowest BCUT2D eigenvalue weighted by Gasteiger charge is -2.19. The molecule has 0 saturated carbocycles. The number of aryl methyl sites for hydroxylation is 1. The Labute approximate surface area is 196 Å². The second-order valence-corrected chi connectivity index (χ2v) is 8.53. The maximum Gasteiger partial charge on any atom is 0.323 e. The van der Waals surface area contributed by atoms with Crippen LogP contribution in [0.2, 0.25) is 0 Å². The van der Waals surface area contributed by atoms with Crippen molar-refractivity contribution in [3.05, 3.63) is 69.1 Å². The Balaban J connectivity index is 0.000000248. The molecular formula is C25H29NO8. The van der Waals surface area contributed by atoms with E-state index in [1.807, 2.05) is 19.9 Å². The van der Waals surface area contributed by atoms with Gasteiger partial charge in [0.1, 0.15) is 33.8 Å². The smallest absolute Gasteiger partial charge is 0.323 e. The SMILES string of the molecule is CC(C)=CCc1c(O)cc2oc(C)cc(=O)c2c1O.CC(N)(Cc1ccc(O)c(O)c1)C(=O)O. The van der Waals surface area contributed by atoms with Crippen molar-refractivity contribution >= 4 is 16.9 Å². The summed E-state index contributed by atoms with van der Waals surface area (Å²) in [6.07, 6.45) is 2.32. The number of rotatable bonds is 5. The Hall–Kier alpha value is -3.98. The predicted molar refractivity (Wildman–Crippen MR) is 127 cm³/mol. The van der Waals surface area contributed by atoms with Crippen molar-refractivity contribution in [1.29, 1.82) is 0 Å². The number of phenols is 4. The molecule has 0 aliphatic rings. The molecule has 1 aromatic heterocycles. The van der Waals surface area contributed by atoms with Gasteiger partial charge in [0.2, 0.25) is 0 Å². The van der Waals surface area contributed by atoms with Crippen molar-refractivity contribution in [2.75, 3.05) is 0 Å². The average Bonchev–Trinajstić information content (AvgIpc) is 2.69. The summed E-state index contributed by atoms with van der Waals surface area (Å²) in [5.41, 5.74) is 5.99. The van der Waals surface area contributed by atoms with Gasteiger partial charge in [-0.3, -0.25) is 9.59 Å². The van der Waals surface area contributed by atoms with Crippen LogP contribution in [0.4, 0.5) is 0 Å². The number of hydrogen-bond acceptors (Lipinski definition) is 8. The van der Waals surface area contributed by atoms with Gasteiger partial charge in [0.05, 0.1) is 0 Å². The molecule has 2 aromatic carbocycles. The van der Waals surface area contributed by atoms with E-state index in [0.29, 0.717) is 23.3 Å². The number of carboxylic acids is 1. The van der Waals surface area contributed by atoms with Crippen molar-refractivity contribution in [2.45, 2.75) is 46.1 Å². The maximum absolute atomic E-state index is 11.9. The molecule has 0 aliphatic heterocycles. The van der Waals surface area contributed by atoms with Gasteiger partial charge in [0.25, 0.3) is 0 Å². The molecule has 0 bridgehead atoms. The second kappa shape index (κ2) is 10.3. The molecule has 1 unspecified atom stereocenters. The van der Waals surface area contributed by atoms with Gasteiger partial charge in [-0.2, -0.15) is 0 Å². The number of carbonyl (C=O) groups is 1. The highest BCUT2D eigenvalue weighted by atomic mass is 16.4. The van der Waals surface area contributed by atoms with E-state index in [2.05, 4.69) is 0 Å². The molecule has 0 amide bonds. The molecule has 3 rings (SSSR count). The number of benzene rings is 2. The summed E-state index contributed by atoms with van der Waals surface area (Å²) in [5, 5.41) is 47.3. The van der Waals surface area contributed by atoms with Crippen LogP contribution >= 0.6 is 0 Å². The highest BCUT2D eigenvalue weighted by molar-refractivity contribution is 5.86. The highest BCUT2D eigenvalue weighted by Gasteiger charge is 2.28. The molecule has 0 aliphatic carbocycles. The molecule has 0 spiro atoms. The van der Waals surface area contributed by atoms with Crippen molar-refractivity contribution in [3.63, 3.8) is 0 Å². The van der Waals surface area contributed by atoms with Gasteiger partial charge >= 0.3 is 5.97 Å². The lowest BCUT2D eigenvalue weighted by atomic mass is 9.94. The van der Waals surface area contributed by atoms with Gasteiger partial charge in [-0.25, -0.2) is 0 Å². The fourth-order valence-electron chi connectivity index (χ4n) is 3.14. The second-order valence-electron chi connectivity index (χ2n) is 8.53. The van der Waals surface area contributed by atoms with Crippen molar-refractivity contribution in [2.24, 2.45) is 5.73 Å². The monoisotopic (exact) mass is 471 g/mol. The normalized spacial score (nSPS) is 12.4. The highest BCUT2D eigenvalue weighted by Crippen LogP contribution is 2.34. The Kier molecular flexibility index (Phi) is 7.96. The van der Waals surface area contributed by atoms with E-state index in [1.165, 1.54) is 37.3 Å². The summed E-state index contributed by atoms with van der Waals surface area (Å²) in [7, 11) is 0. The van der Waals surface area contributed by atoms with Crippen molar-refractivity contribution in [1.82, 2.24) is 0 Å². The molecule has 7 N–H and O–H groups in total. The zero-order valence-corrected chi connectivity index (χ0v) is 19.4. The Bertz CT molecular complexity index is 1300. The summed E-state index contributed by atoms with van der Waals surface area (Å²) in [6, 6.07) is 6.80. The molecule has 0 fully saturated rings. The van der Waals surface area contributed by atoms with E-state index in [1.54, 1.807) is 6.92 Å². The van der Waals surface area contributed by atoms with Gasteiger partial charge < -0.3 is 35.7 Å². The van der Waals surface area contributed by atoms with Gasteiger partial charge in [0, 0.05) is 24.1 Å². The van der Waals surface area contributed by atoms with Crippen molar-refractivity contribution < 1.29 is 34.7 Å². The van der Waals surface area contributed by atoms with Gasteiger partial charge in [-0.15, -0.1) is 0 Å². The number of hydrogen-bond donors (Lipinski definition) is 6. The molecule has 0 radical (unpaired) electrons. The fourth-order valence-corrected chi connectivity index (χ4v) is 3.14. The van der Waals surface area contributed by atoms with Crippen LogP contribution in [-0.4, -0.2) is 37.0 Å². The number of phenolic OH excluding ortho intramolecular Hbond substituents is 4. The molecule has 1 atom stereocenters. The van der Waals surface area contributed by atoms with Crippen LogP contribution < -0.4 is 11.2 Å². The first-order chi connectivity index (χ1) is 15.7. The minimum atomic E-state index is -1.39. The third-order valence-corrected chi connectivity index (χ3v) is 5.01. The van der Waals surface area contributed by atoms with Crippen LogP contribution in [0.5, 0.6) is 23.0 Å². The minimum absolute atomic E-state index is 0.0729. The van der Waals surface area contributed by atoms with Crippen LogP contribution in [0.15, 0.2) is 51.2 Å². The first kappa shape index (κ1) is 26.3. The fraction of sp³-hybridized carbons (Fsp3) is 0.280. The summed E-state index contributed by atoms with van der Waals surface area (Å²) in [4.78, 5) is 22.6. The van der Waals surface area contributed by atoms with Crippen LogP contribution in [0.1, 0.15) is 37.7 Å². The van der Waals surface area contributed by atoms with Crippen LogP contribution in [0.25, 0.3) is 11.0 Å². The number of allylic oxidation sites excluding steroid dienone is 2. The van der Waals surface area contributed by atoms with Crippen molar-refractivity contribution in [3.8, 4) is 23.0 Å². The molecule has 182 valence electrons. The van der Waals surface area contributed by atoms with Crippen LogP contribution in [-0.2, 0) is 17.6 Å². The summed E-state index contributed by atoms with van der Waals surface area (Å²) >= 11 is 0. The summed E-state index contributed by atoms with van der Waals surface area (Å²) in [6.45, 7) is 6.88. The standard InChI is InChI=1S/C15H16O4.C10H13NO4/c1-8(2)4-5-10-11(16)7-13-14(15(10)18)12(17)6-9(3)19-13;1-10(11,9(14)15)5-6-2-3-7(12)8(13)4-6/h4,6-7,16,18H,5H2,1-3H3;2-4,12-13H,5,11H2,1H3,(H,14,15). The Morgan fingerprint density at radius 3 is 2.26 bits per heavy atom. The topological polar surface area (TPSA) is 174 Å². The number of aromatic hydroxyl groups is 4. The van der Waals surface area contributed by atoms with E-state index in [-0.39, 0.29) is 45.8 Å². The lowest BCUT2D eigenvalue weighted by Crippen LogP contribution is -2.46. The van der Waals surface area contributed by atoms with Crippen LogP contribution in [0.3, 0.4) is 0 Å². The molecular weight excluding hydrogens is 442 g/mol. The first-order valence-corrected chi connectivity index (χ1v) is 10.4. The van der Waals surface area contributed by atoms with Gasteiger partial charge in [-0.05, 0) is 51.8 Å². The van der Waals surface area contributed by atoms with E-state index >= 15 is 0 Å². The summed E-state index contributed by atoms with van der Waals surface area (Å²) < 4.78 is 5.35. The van der Waals surface area contributed by atoms with E-state index < -0.39 is 11.5 Å². The van der Waals surface area contributed by atoms with E-state index in [9.17, 15) is 24.9 Å². The molecule has 0 saturated heterocycles. The quantitative estimate of drug-likeness (QED) is 0.240. The summed E-state index contributed by atoms with van der Waals surface area (Å²) in [5.74, 6) is -1.48. The van der Waals surface area contributed by atoms with E-state index in [0.717, 1.165) is 5.57 Å². The minimum Gasteiger partial charge on any atom is -0.507 e. The molecule has 34 heavy (non-hydrogen) atoms. The molecule has 9 nitrogen and oxygen atoms in total. The zero-order chi connectivity index (χ0) is 25.8. The van der Waals surface area contributed by atoms with Gasteiger partial charge in [-0.1, -0.05) is 17.7 Å². The van der Waals surface area contributed by atoms with Crippen LogP contribution in [0, 0.1) is 6.92 Å². The lowest BCUT2D eigenvalue weighted by molar-refractivity contribution is -0.142. The molecule has 1 heterocycles. The Morgan fingerprint density at radius 1 is 1.06 bits per heavy atom. The third-order valence-electron chi connectivity index (χ3n) is 5.01. The third kappa shape index (κ3) is 6.29. The van der Waals surface area contributed by atoms with E-state index in [4.69, 9.17) is 20.4 Å². The molecule has 3 aromatic rings. The average molecular weight is 472 g/mol. The first-order valence-electron chi connectivity index (χ1n) is 10.4. The molecule has 9 heteroatoms.